The second-order valence-corrected chi connectivity index (χ2v) is 7.51. The van der Waals surface area contributed by atoms with E-state index in [0.717, 1.165) is 31.2 Å². The molecule has 0 spiro atoms. The normalized spacial score (nSPS) is 15.3. The van der Waals surface area contributed by atoms with Crippen molar-refractivity contribution in [3.63, 3.8) is 0 Å². The Kier molecular flexibility index (Phi) is 5.12. The molecule has 0 saturated heterocycles. The van der Waals surface area contributed by atoms with E-state index in [1.807, 2.05) is 7.05 Å². The van der Waals surface area contributed by atoms with Gasteiger partial charge in [0, 0.05) is 24.6 Å². The number of nitrogens with zero attached hydrogens (tertiary/aromatic N) is 4. The summed E-state index contributed by atoms with van der Waals surface area (Å²) in [5.74, 6) is 0.506. The summed E-state index contributed by atoms with van der Waals surface area (Å²) in [5.41, 5.74) is 2.41. The quantitative estimate of drug-likeness (QED) is 0.751. The molecule has 2 aromatic rings. The van der Waals surface area contributed by atoms with E-state index in [1.165, 1.54) is 6.20 Å². The maximum absolute atomic E-state index is 12.3. The maximum Gasteiger partial charge on any atom is 0.241 e. The smallest absolute Gasteiger partial charge is 0.241 e. The molecule has 2 aliphatic carbocycles. The third kappa shape index (κ3) is 4.51. The van der Waals surface area contributed by atoms with Crippen molar-refractivity contribution in [3.05, 3.63) is 36.2 Å². The first-order valence-electron chi connectivity index (χ1n) is 9.72. The van der Waals surface area contributed by atoms with Crippen molar-refractivity contribution in [2.45, 2.75) is 31.7 Å². The molecule has 148 valence electrons. The summed E-state index contributed by atoms with van der Waals surface area (Å²) in [6.45, 7) is 0.128. The lowest BCUT2D eigenvalue weighted by Gasteiger charge is -2.17. The van der Waals surface area contributed by atoms with Crippen molar-refractivity contribution in [2.24, 2.45) is 5.92 Å². The highest BCUT2D eigenvalue weighted by Crippen LogP contribution is 2.30. The molecule has 2 aliphatic rings. The van der Waals surface area contributed by atoms with Gasteiger partial charge >= 0.3 is 0 Å². The second kappa shape index (κ2) is 7.87. The van der Waals surface area contributed by atoms with E-state index in [4.69, 9.17) is 0 Å². The number of carbonyl (C=O) groups excluding carboxylic acids is 2. The minimum absolute atomic E-state index is 0.00246. The molecule has 0 aliphatic heterocycles. The average Bonchev–Trinajstić information content (AvgIpc) is 3.64. The fraction of sp³-hybridized carbons (Fsp3) is 0.381. The molecule has 0 atom stereocenters. The molecule has 0 unspecified atom stereocenters. The molecule has 1 aromatic carbocycles. The Morgan fingerprint density at radius 1 is 1.21 bits per heavy atom. The van der Waals surface area contributed by atoms with Crippen LogP contribution in [-0.2, 0) is 9.59 Å². The summed E-state index contributed by atoms with van der Waals surface area (Å²) in [4.78, 5) is 34.5. The summed E-state index contributed by atoms with van der Waals surface area (Å²) in [7, 11) is 1.81. The Bertz CT molecular complexity index is 974. The fourth-order valence-corrected chi connectivity index (χ4v) is 3.02. The largest absolute Gasteiger partial charge is 0.375 e. The highest BCUT2D eigenvalue weighted by Gasteiger charge is 2.30. The van der Waals surface area contributed by atoms with Crippen LogP contribution in [0.2, 0.25) is 0 Å². The van der Waals surface area contributed by atoms with Crippen LogP contribution in [0.1, 0.15) is 31.2 Å². The molecule has 8 nitrogen and oxygen atoms in total. The Balaban J connectivity index is 1.46. The number of rotatable bonds is 7. The van der Waals surface area contributed by atoms with Gasteiger partial charge in [-0.15, -0.1) is 0 Å². The van der Waals surface area contributed by atoms with Gasteiger partial charge < -0.3 is 15.5 Å². The Morgan fingerprint density at radius 2 is 2.00 bits per heavy atom. The molecule has 2 saturated carbocycles. The topological polar surface area (TPSA) is 111 Å². The summed E-state index contributed by atoms with van der Waals surface area (Å²) < 4.78 is 0. The van der Waals surface area contributed by atoms with E-state index in [2.05, 4.69) is 26.7 Å². The monoisotopic (exact) mass is 390 g/mol. The van der Waals surface area contributed by atoms with Crippen molar-refractivity contribution in [1.82, 2.24) is 14.9 Å². The summed E-state index contributed by atoms with van der Waals surface area (Å²) in [6, 6.07) is 7.75. The lowest BCUT2D eigenvalue weighted by Crippen LogP contribution is -2.33. The lowest BCUT2D eigenvalue weighted by atomic mass is 10.1. The summed E-state index contributed by atoms with van der Waals surface area (Å²) >= 11 is 0. The molecule has 0 bridgehead atoms. The van der Waals surface area contributed by atoms with E-state index in [0.29, 0.717) is 28.8 Å². The van der Waals surface area contributed by atoms with Gasteiger partial charge in [0.2, 0.25) is 11.8 Å². The molecule has 29 heavy (non-hydrogen) atoms. The van der Waals surface area contributed by atoms with Crippen LogP contribution in [0.4, 0.5) is 11.5 Å². The number of amides is 2. The van der Waals surface area contributed by atoms with Gasteiger partial charge in [-0.25, -0.2) is 4.98 Å². The molecular weight excluding hydrogens is 368 g/mol. The summed E-state index contributed by atoms with van der Waals surface area (Å²) in [5, 5.41) is 15.2. The molecular formula is C21H22N6O2. The number of hydrogen-bond acceptors (Lipinski definition) is 6. The van der Waals surface area contributed by atoms with Crippen LogP contribution in [0, 0.1) is 17.2 Å². The van der Waals surface area contributed by atoms with Gasteiger partial charge in [-0.3, -0.25) is 14.6 Å². The first-order valence-corrected chi connectivity index (χ1v) is 9.72. The van der Waals surface area contributed by atoms with Crippen molar-refractivity contribution >= 4 is 23.3 Å². The van der Waals surface area contributed by atoms with Gasteiger partial charge in [0.05, 0.1) is 35.9 Å². The molecule has 1 aromatic heterocycles. The number of likely N-dealkylation sites (N-methyl/N-ethyl adjacent to an activating group) is 1. The molecule has 8 heteroatoms. The van der Waals surface area contributed by atoms with Crippen molar-refractivity contribution in [2.75, 3.05) is 24.2 Å². The number of nitriles is 1. The molecule has 2 N–H and O–H groups in total. The Hall–Kier alpha value is -3.47. The van der Waals surface area contributed by atoms with Crippen molar-refractivity contribution in [3.8, 4) is 17.3 Å². The van der Waals surface area contributed by atoms with Gasteiger partial charge in [-0.2, -0.15) is 5.26 Å². The molecule has 4 rings (SSSR count). The standard InChI is InChI=1S/C21H22N6O2/c1-27(16-6-7-16)20(28)12-24-17-8-14(4-5-15(17)9-22)18-10-25-19(11-23-18)26-21(29)13-2-3-13/h4-5,8,10-11,13,16,24H,2-3,6-7,12H2,1H3,(H,25,26,29). The predicted octanol–water partition coefficient (Wildman–Crippen LogP) is 2.40. The fourth-order valence-electron chi connectivity index (χ4n) is 3.02. The number of hydrogen-bond donors (Lipinski definition) is 2. The molecule has 2 amide bonds. The molecule has 0 radical (unpaired) electrons. The number of aromatic nitrogens is 2. The predicted molar refractivity (Wildman–Crippen MR) is 108 cm³/mol. The second-order valence-electron chi connectivity index (χ2n) is 7.51. The van der Waals surface area contributed by atoms with Gasteiger partial charge in [-0.1, -0.05) is 6.07 Å². The van der Waals surface area contributed by atoms with E-state index >= 15 is 0 Å². The highest BCUT2D eigenvalue weighted by atomic mass is 16.2. The number of nitrogens with one attached hydrogen (secondary N) is 2. The zero-order valence-corrected chi connectivity index (χ0v) is 16.2. The Morgan fingerprint density at radius 3 is 2.62 bits per heavy atom. The SMILES string of the molecule is CN(C(=O)CNc1cc(-c2cnc(NC(=O)C3CC3)cn2)ccc1C#N)C1CC1. The Labute approximate surface area is 169 Å². The van der Waals surface area contributed by atoms with Crippen LogP contribution in [0.3, 0.4) is 0 Å². The average molecular weight is 390 g/mol. The van der Waals surface area contributed by atoms with Crippen molar-refractivity contribution in [1.29, 1.82) is 5.26 Å². The first-order chi connectivity index (χ1) is 14.0. The first kappa shape index (κ1) is 18.9. The van der Waals surface area contributed by atoms with Crippen molar-refractivity contribution < 1.29 is 9.59 Å². The minimum atomic E-state index is -0.0160. The molecule has 2 fully saturated rings. The van der Waals surface area contributed by atoms with Gasteiger partial charge in [-0.05, 0) is 37.8 Å². The summed E-state index contributed by atoms with van der Waals surface area (Å²) in [6.07, 6.45) is 7.07. The number of benzene rings is 1. The zero-order valence-electron chi connectivity index (χ0n) is 16.2. The van der Waals surface area contributed by atoms with Gasteiger partial charge in [0.15, 0.2) is 5.82 Å². The van der Waals surface area contributed by atoms with E-state index in [1.54, 1.807) is 29.3 Å². The highest BCUT2D eigenvalue weighted by molar-refractivity contribution is 5.93. The third-order valence-corrected chi connectivity index (χ3v) is 5.21. The maximum atomic E-state index is 12.3. The minimum Gasteiger partial charge on any atom is -0.375 e. The number of carbonyl (C=O) groups is 2. The van der Waals surface area contributed by atoms with E-state index in [9.17, 15) is 14.9 Å². The van der Waals surface area contributed by atoms with Crippen LogP contribution in [0.15, 0.2) is 30.6 Å². The molecule has 1 heterocycles. The lowest BCUT2D eigenvalue weighted by molar-refractivity contribution is -0.128. The zero-order chi connectivity index (χ0) is 20.4. The van der Waals surface area contributed by atoms with Crippen LogP contribution < -0.4 is 10.6 Å². The van der Waals surface area contributed by atoms with E-state index in [-0.39, 0.29) is 24.3 Å². The van der Waals surface area contributed by atoms with E-state index < -0.39 is 0 Å². The van der Waals surface area contributed by atoms with Crippen LogP contribution in [-0.4, -0.2) is 46.3 Å². The van der Waals surface area contributed by atoms with Crippen LogP contribution >= 0.6 is 0 Å². The van der Waals surface area contributed by atoms with Gasteiger partial charge in [0.1, 0.15) is 6.07 Å². The van der Waals surface area contributed by atoms with Crippen LogP contribution in [0.5, 0.6) is 0 Å². The van der Waals surface area contributed by atoms with Crippen LogP contribution in [0.25, 0.3) is 11.3 Å². The van der Waals surface area contributed by atoms with Gasteiger partial charge in [0.25, 0.3) is 0 Å². The third-order valence-electron chi connectivity index (χ3n) is 5.21. The number of anilines is 2.